The molecule has 2 N–H and O–H groups in total. The standard InChI is InChI=1S/C11H23N3OS/c1-12-4-2-3-11(15)13-5-6-14-7-9-16-10-8-14/h12H,2-10H2,1H3,(H,13,15). The Labute approximate surface area is 103 Å². The van der Waals surface area contributed by atoms with E-state index in [9.17, 15) is 4.79 Å². The normalized spacial score (nSPS) is 17.3. The van der Waals surface area contributed by atoms with Crippen LogP contribution >= 0.6 is 11.8 Å². The van der Waals surface area contributed by atoms with Gasteiger partial charge in [0.25, 0.3) is 0 Å². The molecular formula is C11H23N3OS. The molecule has 0 spiro atoms. The number of carbonyl (C=O) groups is 1. The Bertz CT molecular complexity index is 196. The summed E-state index contributed by atoms with van der Waals surface area (Å²) in [5.41, 5.74) is 0. The van der Waals surface area contributed by atoms with Crippen LogP contribution < -0.4 is 10.6 Å². The number of rotatable bonds is 7. The summed E-state index contributed by atoms with van der Waals surface area (Å²) in [6.07, 6.45) is 1.55. The van der Waals surface area contributed by atoms with Crippen molar-refractivity contribution in [1.29, 1.82) is 0 Å². The first-order valence-corrected chi connectivity index (χ1v) is 7.20. The molecule has 0 aromatic heterocycles. The number of hydrogen-bond donors (Lipinski definition) is 2. The first-order valence-electron chi connectivity index (χ1n) is 6.04. The number of nitrogens with zero attached hydrogens (tertiary/aromatic N) is 1. The maximum atomic E-state index is 11.4. The summed E-state index contributed by atoms with van der Waals surface area (Å²) in [6, 6.07) is 0. The van der Waals surface area contributed by atoms with E-state index in [4.69, 9.17) is 0 Å². The Morgan fingerprint density at radius 1 is 1.31 bits per heavy atom. The predicted octanol–water partition coefficient (Wildman–Crippen LogP) is 0.151. The number of amides is 1. The number of carbonyl (C=O) groups excluding carboxylic acids is 1. The van der Waals surface area contributed by atoms with E-state index in [0.29, 0.717) is 6.42 Å². The number of thioether (sulfide) groups is 1. The molecule has 1 fully saturated rings. The summed E-state index contributed by atoms with van der Waals surface area (Å²) < 4.78 is 0. The first kappa shape index (κ1) is 13.8. The van der Waals surface area contributed by atoms with E-state index < -0.39 is 0 Å². The van der Waals surface area contributed by atoms with Crippen LogP contribution in [0.2, 0.25) is 0 Å². The van der Waals surface area contributed by atoms with E-state index in [1.165, 1.54) is 24.6 Å². The van der Waals surface area contributed by atoms with E-state index in [1.54, 1.807) is 0 Å². The molecule has 1 aliphatic rings. The first-order chi connectivity index (χ1) is 7.83. The van der Waals surface area contributed by atoms with Gasteiger partial charge in [-0.25, -0.2) is 0 Å². The molecule has 94 valence electrons. The molecule has 0 radical (unpaired) electrons. The Kier molecular flexibility index (Phi) is 7.63. The molecule has 0 aromatic carbocycles. The molecule has 1 rings (SSSR count). The minimum absolute atomic E-state index is 0.182. The molecule has 1 saturated heterocycles. The van der Waals surface area contributed by atoms with Gasteiger partial charge in [0.05, 0.1) is 0 Å². The third kappa shape index (κ3) is 6.35. The summed E-state index contributed by atoms with van der Waals surface area (Å²) in [5.74, 6) is 2.65. The minimum atomic E-state index is 0.182. The van der Waals surface area contributed by atoms with Gasteiger partial charge in [-0.15, -0.1) is 0 Å². The van der Waals surface area contributed by atoms with Crippen LogP contribution in [0.15, 0.2) is 0 Å². The van der Waals surface area contributed by atoms with Crippen molar-refractivity contribution in [1.82, 2.24) is 15.5 Å². The van der Waals surface area contributed by atoms with Gasteiger partial charge in [0.1, 0.15) is 0 Å². The molecule has 4 nitrogen and oxygen atoms in total. The highest BCUT2D eigenvalue weighted by molar-refractivity contribution is 7.99. The van der Waals surface area contributed by atoms with E-state index in [1.807, 2.05) is 18.8 Å². The van der Waals surface area contributed by atoms with Gasteiger partial charge >= 0.3 is 0 Å². The highest BCUT2D eigenvalue weighted by atomic mass is 32.2. The Morgan fingerprint density at radius 3 is 2.75 bits per heavy atom. The van der Waals surface area contributed by atoms with Crippen molar-refractivity contribution in [3.63, 3.8) is 0 Å². The summed E-state index contributed by atoms with van der Waals surface area (Å²) in [4.78, 5) is 13.8. The van der Waals surface area contributed by atoms with Crippen molar-refractivity contribution < 1.29 is 4.79 Å². The molecule has 0 aliphatic carbocycles. The second-order valence-electron chi connectivity index (χ2n) is 4.01. The lowest BCUT2D eigenvalue weighted by atomic mass is 10.3. The molecular weight excluding hydrogens is 222 g/mol. The topological polar surface area (TPSA) is 44.4 Å². The zero-order valence-corrected chi connectivity index (χ0v) is 10.9. The molecule has 0 bridgehead atoms. The van der Waals surface area contributed by atoms with Gasteiger partial charge in [-0.1, -0.05) is 0 Å². The molecule has 5 heteroatoms. The fraction of sp³-hybridized carbons (Fsp3) is 0.909. The third-order valence-corrected chi connectivity index (χ3v) is 3.63. The maximum Gasteiger partial charge on any atom is 0.220 e. The molecule has 0 aromatic rings. The second-order valence-corrected chi connectivity index (χ2v) is 5.24. The van der Waals surface area contributed by atoms with Crippen LogP contribution in [0.4, 0.5) is 0 Å². The van der Waals surface area contributed by atoms with Crippen LogP contribution in [-0.4, -0.2) is 62.1 Å². The van der Waals surface area contributed by atoms with Crippen molar-refractivity contribution in [2.24, 2.45) is 0 Å². The highest BCUT2D eigenvalue weighted by Gasteiger charge is 2.09. The van der Waals surface area contributed by atoms with Crippen LogP contribution in [-0.2, 0) is 4.79 Å². The SMILES string of the molecule is CNCCCC(=O)NCCN1CCSCC1. The second kappa shape index (κ2) is 8.84. The molecule has 0 atom stereocenters. The maximum absolute atomic E-state index is 11.4. The molecule has 16 heavy (non-hydrogen) atoms. The summed E-state index contributed by atoms with van der Waals surface area (Å²) in [7, 11) is 1.91. The summed E-state index contributed by atoms with van der Waals surface area (Å²) >= 11 is 2.02. The van der Waals surface area contributed by atoms with Crippen LogP contribution in [0.5, 0.6) is 0 Å². The van der Waals surface area contributed by atoms with Crippen LogP contribution in [0.3, 0.4) is 0 Å². The largest absolute Gasteiger partial charge is 0.355 e. The predicted molar refractivity (Wildman–Crippen MR) is 69.9 cm³/mol. The Balaban J connectivity index is 1.94. The van der Waals surface area contributed by atoms with E-state index in [0.717, 1.165) is 26.1 Å². The van der Waals surface area contributed by atoms with Gasteiger partial charge < -0.3 is 10.6 Å². The van der Waals surface area contributed by atoms with E-state index >= 15 is 0 Å². The lowest BCUT2D eigenvalue weighted by Gasteiger charge is -2.25. The number of hydrogen-bond acceptors (Lipinski definition) is 4. The molecule has 0 saturated carbocycles. The van der Waals surface area contributed by atoms with Crippen molar-refractivity contribution in [3.8, 4) is 0 Å². The monoisotopic (exact) mass is 245 g/mol. The van der Waals surface area contributed by atoms with Crippen LogP contribution in [0, 0.1) is 0 Å². The zero-order valence-electron chi connectivity index (χ0n) is 10.1. The highest BCUT2D eigenvalue weighted by Crippen LogP contribution is 2.07. The lowest BCUT2D eigenvalue weighted by molar-refractivity contribution is -0.121. The fourth-order valence-electron chi connectivity index (χ4n) is 1.69. The smallest absolute Gasteiger partial charge is 0.220 e. The zero-order chi connectivity index (χ0) is 11.6. The quantitative estimate of drug-likeness (QED) is 0.627. The van der Waals surface area contributed by atoms with Crippen molar-refractivity contribution in [2.75, 3.05) is 51.3 Å². The van der Waals surface area contributed by atoms with Crippen molar-refractivity contribution in [3.05, 3.63) is 0 Å². The molecule has 1 heterocycles. The Hall–Kier alpha value is -0.260. The van der Waals surface area contributed by atoms with Crippen LogP contribution in [0.25, 0.3) is 0 Å². The van der Waals surface area contributed by atoms with E-state index in [2.05, 4.69) is 15.5 Å². The van der Waals surface area contributed by atoms with Crippen LogP contribution in [0.1, 0.15) is 12.8 Å². The third-order valence-electron chi connectivity index (χ3n) is 2.68. The number of nitrogens with one attached hydrogen (secondary N) is 2. The minimum Gasteiger partial charge on any atom is -0.355 e. The van der Waals surface area contributed by atoms with E-state index in [-0.39, 0.29) is 5.91 Å². The summed E-state index contributed by atoms with van der Waals surface area (Å²) in [6.45, 7) is 5.04. The van der Waals surface area contributed by atoms with Gasteiger partial charge in [-0.3, -0.25) is 9.69 Å². The Morgan fingerprint density at radius 2 is 2.06 bits per heavy atom. The molecule has 1 aliphatic heterocycles. The average Bonchev–Trinajstić information content (AvgIpc) is 2.31. The van der Waals surface area contributed by atoms with Gasteiger partial charge in [-0.2, -0.15) is 11.8 Å². The van der Waals surface area contributed by atoms with Crippen molar-refractivity contribution in [2.45, 2.75) is 12.8 Å². The van der Waals surface area contributed by atoms with Gasteiger partial charge in [0.2, 0.25) is 5.91 Å². The van der Waals surface area contributed by atoms with Gasteiger partial charge in [-0.05, 0) is 20.0 Å². The van der Waals surface area contributed by atoms with Crippen molar-refractivity contribution >= 4 is 17.7 Å². The fourth-order valence-corrected chi connectivity index (χ4v) is 2.67. The summed E-state index contributed by atoms with van der Waals surface area (Å²) in [5, 5.41) is 6.01. The lowest BCUT2D eigenvalue weighted by Crippen LogP contribution is -2.39. The molecule has 0 unspecified atom stereocenters. The van der Waals surface area contributed by atoms with Gasteiger partial charge in [0, 0.05) is 44.1 Å². The molecule has 1 amide bonds. The average molecular weight is 245 g/mol. The van der Waals surface area contributed by atoms with Gasteiger partial charge in [0.15, 0.2) is 0 Å².